The Hall–Kier alpha value is -6.27. The Morgan fingerprint density at radius 3 is 1.76 bits per heavy atom. The number of hydrogen-bond acceptors (Lipinski definition) is 7. The van der Waals surface area contributed by atoms with E-state index in [9.17, 15) is 14.4 Å². The van der Waals surface area contributed by atoms with Gasteiger partial charge in [-0.1, -0.05) is 92.7 Å². The molecular formula is C51H56N8O4. The van der Waals surface area contributed by atoms with Crippen molar-refractivity contribution in [3.8, 4) is 33.6 Å². The first kappa shape index (κ1) is 40.8. The molecule has 63 heavy (non-hydrogen) atoms. The third-order valence-corrected chi connectivity index (χ3v) is 13.5. The van der Waals surface area contributed by atoms with Gasteiger partial charge >= 0.3 is 6.09 Å². The van der Waals surface area contributed by atoms with Crippen molar-refractivity contribution in [1.29, 1.82) is 0 Å². The van der Waals surface area contributed by atoms with E-state index in [0.29, 0.717) is 18.6 Å². The monoisotopic (exact) mass is 844 g/mol. The number of aromatic amines is 2. The maximum atomic E-state index is 14.6. The first-order chi connectivity index (χ1) is 30.7. The molecule has 3 amide bonds. The van der Waals surface area contributed by atoms with Crippen molar-refractivity contribution in [2.45, 2.75) is 101 Å². The molecule has 4 aliphatic rings. The van der Waals surface area contributed by atoms with Crippen LogP contribution in [-0.4, -0.2) is 90.9 Å². The Bertz CT molecular complexity index is 2600. The predicted octanol–water partition coefficient (Wildman–Crippen LogP) is 9.36. The summed E-state index contributed by atoms with van der Waals surface area (Å²) in [6, 6.07) is 31.7. The van der Waals surface area contributed by atoms with Gasteiger partial charge in [0.1, 0.15) is 23.7 Å². The van der Waals surface area contributed by atoms with Crippen LogP contribution in [0.25, 0.3) is 44.4 Å². The van der Waals surface area contributed by atoms with E-state index in [2.05, 4.69) is 110 Å². The maximum Gasteiger partial charge on any atom is 0.407 e. The lowest BCUT2D eigenvalue weighted by Gasteiger charge is -2.35. The fourth-order valence-electron chi connectivity index (χ4n) is 9.94. The molecule has 0 spiro atoms. The second kappa shape index (κ2) is 17.1. The standard InChI is InChI=1S/C51H56N8O4/c1-31(2)45(56-51(62)63-3)49(60)57-25-7-11-43(57)47-53-30-42(55-47)38-20-19-36-27-35(17-18-37(36)28-38)32-13-15-33(16-14-32)41-29-52-48(54-41)44-12-8-26-58(44)50(61)46(34-9-5-4-6-10-34)59(39-21-22-39)40-23-24-40/h4-6,9-10,13-20,27-31,39-40,43-46H,7-8,11-12,21-26H2,1-3H3,(H,52,54)(H,53,55)(H,56,62)/t43-,44-,45-,46+/m0/s1. The highest BCUT2D eigenvalue weighted by molar-refractivity contribution is 5.91. The van der Waals surface area contributed by atoms with Crippen LogP contribution in [0, 0.1) is 5.92 Å². The third-order valence-electron chi connectivity index (χ3n) is 13.5. The topological polar surface area (TPSA) is 140 Å². The number of carbonyl (C=O) groups is 3. The van der Waals surface area contributed by atoms with Crippen LogP contribution in [0.2, 0.25) is 0 Å². The zero-order valence-electron chi connectivity index (χ0n) is 36.3. The largest absolute Gasteiger partial charge is 0.453 e. The van der Waals surface area contributed by atoms with Crippen molar-refractivity contribution in [2.24, 2.45) is 5.92 Å². The summed E-state index contributed by atoms with van der Waals surface area (Å²) in [7, 11) is 1.30. The van der Waals surface area contributed by atoms with Crippen molar-refractivity contribution < 1.29 is 19.1 Å². The van der Waals surface area contributed by atoms with E-state index in [4.69, 9.17) is 14.7 Å². The molecule has 4 aromatic carbocycles. The number of likely N-dealkylation sites (tertiary alicyclic amines) is 2. The van der Waals surface area contributed by atoms with E-state index in [1.165, 1.54) is 32.8 Å². The molecule has 6 aromatic rings. The highest BCUT2D eigenvalue weighted by Crippen LogP contribution is 2.45. The second-order valence-corrected chi connectivity index (χ2v) is 18.2. The van der Waals surface area contributed by atoms with E-state index < -0.39 is 12.1 Å². The number of amides is 3. The fourth-order valence-corrected chi connectivity index (χ4v) is 9.94. The highest BCUT2D eigenvalue weighted by atomic mass is 16.5. The van der Waals surface area contributed by atoms with Crippen LogP contribution in [0.5, 0.6) is 0 Å². The van der Waals surface area contributed by atoms with E-state index in [-0.39, 0.29) is 35.9 Å². The molecule has 4 fully saturated rings. The van der Waals surface area contributed by atoms with Gasteiger partial charge in [-0.15, -0.1) is 0 Å². The minimum atomic E-state index is -0.679. The van der Waals surface area contributed by atoms with Crippen molar-refractivity contribution in [3.63, 3.8) is 0 Å². The number of H-pyrrole nitrogens is 2. The molecule has 2 aliphatic heterocycles. The van der Waals surface area contributed by atoms with Crippen LogP contribution in [0.4, 0.5) is 4.79 Å². The summed E-state index contributed by atoms with van der Waals surface area (Å²) in [4.78, 5) is 63.6. The zero-order valence-corrected chi connectivity index (χ0v) is 36.3. The Morgan fingerprint density at radius 2 is 1.19 bits per heavy atom. The SMILES string of the molecule is COC(=O)N[C@H](C(=O)N1CCC[C@H]1c1nc(-c2ccc3cc(-c4ccc(-c5c[nH]c([C@@H]6CCCN6C(=O)[C@@H](c6ccccc6)N(C6CC6)C6CC6)n5)cc4)ccc3c2)c[nH]1)C(C)C. The van der Waals surface area contributed by atoms with Crippen LogP contribution in [0.3, 0.4) is 0 Å². The van der Waals surface area contributed by atoms with Crippen LogP contribution in [0.15, 0.2) is 103 Å². The normalized spacial score (nSPS) is 19.8. The van der Waals surface area contributed by atoms with Crippen LogP contribution in [0.1, 0.15) is 101 Å². The smallest absolute Gasteiger partial charge is 0.407 e. The number of nitrogens with one attached hydrogen (secondary N) is 3. The molecule has 12 heteroatoms. The van der Waals surface area contributed by atoms with Crippen molar-refractivity contribution in [2.75, 3.05) is 20.2 Å². The molecule has 3 N–H and O–H groups in total. The Balaban J connectivity index is 0.818. The van der Waals surface area contributed by atoms with Gasteiger partial charge in [0.25, 0.3) is 0 Å². The molecule has 0 unspecified atom stereocenters. The first-order valence-corrected chi connectivity index (χ1v) is 22.8. The van der Waals surface area contributed by atoms with E-state index in [1.807, 2.05) is 37.2 Å². The number of hydrogen-bond donors (Lipinski definition) is 3. The van der Waals surface area contributed by atoms with Crippen LogP contribution < -0.4 is 5.32 Å². The predicted molar refractivity (Wildman–Crippen MR) is 243 cm³/mol. The number of imidazole rings is 2. The number of carbonyl (C=O) groups excluding carboxylic acids is 3. The summed E-state index contributed by atoms with van der Waals surface area (Å²) in [5, 5.41) is 4.95. The van der Waals surface area contributed by atoms with E-state index >= 15 is 0 Å². The number of rotatable bonds is 13. The lowest BCUT2D eigenvalue weighted by Crippen LogP contribution is -2.51. The molecule has 4 heterocycles. The second-order valence-electron chi connectivity index (χ2n) is 18.2. The highest BCUT2D eigenvalue weighted by Gasteiger charge is 2.48. The zero-order chi connectivity index (χ0) is 43.2. The van der Waals surface area contributed by atoms with Crippen LogP contribution in [-0.2, 0) is 14.3 Å². The molecule has 324 valence electrons. The number of aromatic nitrogens is 4. The summed E-state index contributed by atoms with van der Waals surface area (Å²) in [6.45, 7) is 5.19. The summed E-state index contributed by atoms with van der Waals surface area (Å²) < 4.78 is 4.79. The average molecular weight is 845 g/mol. The quantitative estimate of drug-likeness (QED) is 0.105. The Labute approximate surface area is 368 Å². The molecule has 2 saturated carbocycles. The number of ether oxygens (including phenoxy) is 1. The number of methoxy groups -OCH3 is 1. The van der Waals surface area contributed by atoms with Crippen molar-refractivity contribution in [3.05, 3.63) is 121 Å². The van der Waals surface area contributed by atoms with Gasteiger partial charge < -0.3 is 29.8 Å². The van der Waals surface area contributed by atoms with Gasteiger partial charge in [-0.05, 0) is 96.9 Å². The molecule has 4 atom stereocenters. The number of nitrogens with zero attached hydrogens (tertiary/aromatic N) is 5. The lowest BCUT2D eigenvalue weighted by molar-refractivity contribution is -0.139. The molecule has 0 radical (unpaired) electrons. The summed E-state index contributed by atoms with van der Waals surface area (Å²) >= 11 is 0. The molecule has 10 rings (SSSR count). The number of benzene rings is 4. The first-order valence-electron chi connectivity index (χ1n) is 22.8. The minimum Gasteiger partial charge on any atom is -0.453 e. The van der Waals surface area contributed by atoms with Crippen molar-refractivity contribution >= 4 is 28.7 Å². The molecule has 2 saturated heterocycles. The Morgan fingerprint density at radius 1 is 0.667 bits per heavy atom. The number of alkyl carbamates (subject to hydrolysis) is 1. The minimum absolute atomic E-state index is 0.0700. The van der Waals surface area contributed by atoms with Gasteiger partial charge in [0.2, 0.25) is 11.8 Å². The van der Waals surface area contributed by atoms with Gasteiger partial charge in [0.05, 0.1) is 30.6 Å². The van der Waals surface area contributed by atoms with Gasteiger partial charge in [0, 0.05) is 48.7 Å². The van der Waals surface area contributed by atoms with Gasteiger partial charge in [-0.25, -0.2) is 14.8 Å². The summed E-state index contributed by atoms with van der Waals surface area (Å²) in [5.41, 5.74) is 7.05. The van der Waals surface area contributed by atoms with Crippen molar-refractivity contribution in [1.82, 2.24) is 40.0 Å². The van der Waals surface area contributed by atoms with E-state index in [1.54, 1.807) is 0 Å². The van der Waals surface area contributed by atoms with Crippen LogP contribution >= 0.6 is 0 Å². The van der Waals surface area contributed by atoms with Gasteiger partial charge in [0.15, 0.2) is 0 Å². The summed E-state index contributed by atoms with van der Waals surface area (Å²) in [6.07, 6.45) is 11.5. The maximum absolute atomic E-state index is 14.6. The average Bonchev–Trinajstić information content (AvgIpc) is 4.02. The molecule has 2 aliphatic carbocycles. The third kappa shape index (κ3) is 8.24. The van der Waals surface area contributed by atoms with Gasteiger partial charge in [-0.2, -0.15) is 0 Å². The summed E-state index contributed by atoms with van der Waals surface area (Å²) in [5.74, 6) is 1.59. The Kier molecular flexibility index (Phi) is 11.1. The molecule has 0 bridgehead atoms. The molecule has 2 aromatic heterocycles. The number of fused-ring (bicyclic) bond motifs is 1. The lowest BCUT2D eigenvalue weighted by atomic mass is 9.98. The van der Waals surface area contributed by atoms with E-state index in [0.717, 1.165) is 93.9 Å². The molecule has 12 nitrogen and oxygen atoms in total. The van der Waals surface area contributed by atoms with Gasteiger partial charge in [-0.3, -0.25) is 14.5 Å². The fraction of sp³-hybridized carbons (Fsp3) is 0.392. The molecular weight excluding hydrogens is 789 g/mol.